The fourth-order valence-corrected chi connectivity index (χ4v) is 2.72. The Morgan fingerprint density at radius 3 is 2.32 bits per heavy atom. The van der Waals surface area contributed by atoms with Crippen LogP contribution in [0.1, 0.15) is 30.5 Å². The number of ether oxygens (including phenoxy) is 1. The third-order valence-corrected chi connectivity index (χ3v) is 3.99. The van der Waals surface area contributed by atoms with Gasteiger partial charge in [0, 0.05) is 22.0 Å². The number of hydrogen-bond donors (Lipinski definition) is 1. The van der Waals surface area contributed by atoms with Crippen LogP contribution in [0.25, 0.3) is 0 Å². The number of hydrogen-bond acceptors (Lipinski definition) is 3. The van der Waals surface area contributed by atoms with Crippen molar-refractivity contribution in [2.45, 2.75) is 39.8 Å². The molecule has 0 bridgehead atoms. The lowest BCUT2D eigenvalue weighted by molar-refractivity contribution is 0.242. The number of nitrogens with one attached hydrogen (secondary N) is 1. The number of thiophene rings is 1. The van der Waals surface area contributed by atoms with Gasteiger partial charge >= 0.3 is 0 Å². The van der Waals surface area contributed by atoms with Crippen LogP contribution in [0.2, 0.25) is 0 Å². The van der Waals surface area contributed by atoms with Crippen LogP contribution < -0.4 is 10.1 Å². The van der Waals surface area contributed by atoms with Crippen LogP contribution in [-0.2, 0) is 13.0 Å². The van der Waals surface area contributed by atoms with E-state index >= 15 is 0 Å². The summed E-state index contributed by atoms with van der Waals surface area (Å²) in [5.41, 5.74) is 1.13. The molecule has 0 spiro atoms. The Morgan fingerprint density at radius 2 is 1.74 bits per heavy atom. The second-order valence-electron chi connectivity index (χ2n) is 4.77. The molecule has 0 amide bonds. The molecule has 1 aromatic heterocycles. The van der Waals surface area contributed by atoms with E-state index in [0.717, 1.165) is 24.4 Å². The monoisotopic (exact) mass is 275 g/mol. The zero-order valence-electron chi connectivity index (χ0n) is 11.8. The molecule has 0 aliphatic rings. The summed E-state index contributed by atoms with van der Waals surface area (Å²) in [6.45, 7) is 7.15. The Kier molecular flexibility index (Phi) is 4.86. The average Bonchev–Trinajstić information content (AvgIpc) is 2.85. The fraction of sp³-hybridized carbons (Fsp3) is 0.375. The standard InChI is InChI=1S/C16H21NOS/c1-4-15-9-10-16(19-15)11-17-13-5-7-14(8-6-13)18-12(2)3/h5-10,12,17H,4,11H2,1-3H3. The van der Waals surface area contributed by atoms with Gasteiger partial charge in [0.1, 0.15) is 5.75 Å². The van der Waals surface area contributed by atoms with Gasteiger partial charge < -0.3 is 10.1 Å². The van der Waals surface area contributed by atoms with Crippen LogP contribution in [0.5, 0.6) is 5.75 Å². The van der Waals surface area contributed by atoms with E-state index in [-0.39, 0.29) is 6.10 Å². The molecular weight excluding hydrogens is 254 g/mol. The van der Waals surface area contributed by atoms with E-state index in [1.165, 1.54) is 9.75 Å². The molecule has 19 heavy (non-hydrogen) atoms. The predicted octanol–water partition coefficient (Wildman–Crippen LogP) is 4.71. The zero-order chi connectivity index (χ0) is 13.7. The van der Waals surface area contributed by atoms with Gasteiger partial charge in [0.2, 0.25) is 0 Å². The molecule has 2 rings (SSSR count). The minimum absolute atomic E-state index is 0.220. The van der Waals surface area contributed by atoms with Gasteiger partial charge in [-0.3, -0.25) is 0 Å². The highest BCUT2D eigenvalue weighted by Crippen LogP contribution is 2.20. The first-order chi connectivity index (χ1) is 9.17. The van der Waals surface area contributed by atoms with Crippen LogP contribution >= 0.6 is 11.3 Å². The molecule has 0 unspecified atom stereocenters. The van der Waals surface area contributed by atoms with Crippen molar-refractivity contribution in [3.05, 3.63) is 46.2 Å². The van der Waals surface area contributed by atoms with E-state index < -0.39 is 0 Å². The van der Waals surface area contributed by atoms with Crippen molar-refractivity contribution in [3.8, 4) is 5.75 Å². The normalized spacial score (nSPS) is 10.7. The lowest BCUT2D eigenvalue weighted by Crippen LogP contribution is -2.05. The van der Waals surface area contributed by atoms with Crippen molar-refractivity contribution in [1.82, 2.24) is 0 Å². The van der Waals surface area contributed by atoms with E-state index in [9.17, 15) is 0 Å². The molecule has 102 valence electrons. The second-order valence-corrected chi connectivity index (χ2v) is 6.02. The SMILES string of the molecule is CCc1ccc(CNc2ccc(OC(C)C)cc2)s1. The Morgan fingerprint density at radius 1 is 1.05 bits per heavy atom. The summed E-state index contributed by atoms with van der Waals surface area (Å²) in [7, 11) is 0. The Bertz CT molecular complexity index is 502. The maximum absolute atomic E-state index is 5.62. The van der Waals surface area contributed by atoms with Gasteiger partial charge in [-0.05, 0) is 56.7 Å². The Labute approximate surface area is 119 Å². The molecule has 0 atom stereocenters. The molecule has 1 heterocycles. The van der Waals surface area contributed by atoms with Crippen molar-refractivity contribution in [1.29, 1.82) is 0 Å². The lowest BCUT2D eigenvalue weighted by Gasteiger charge is -2.10. The highest BCUT2D eigenvalue weighted by Gasteiger charge is 2.00. The molecule has 0 saturated carbocycles. The van der Waals surface area contributed by atoms with Crippen molar-refractivity contribution in [3.63, 3.8) is 0 Å². The predicted molar refractivity (Wildman–Crippen MR) is 83.2 cm³/mol. The zero-order valence-corrected chi connectivity index (χ0v) is 12.6. The summed E-state index contributed by atoms with van der Waals surface area (Å²) in [6, 6.07) is 12.6. The maximum Gasteiger partial charge on any atom is 0.119 e. The summed E-state index contributed by atoms with van der Waals surface area (Å²) in [5, 5.41) is 3.43. The molecule has 0 fully saturated rings. The summed E-state index contributed by atoms with van der Waals surface area (Å²) < 4.78 is 5.62. The molecule has 3 heteroatoms. The lowest BCUT2D eigenvalue weighted by atomic mass is 10.3. The summed E-state index contributed by atoms with van der Waals surface area (Å²) in [6.07, 6.45) is 1.34. The molecule has 0 radical (unpaired) electrons. The first-order valence-corrected chi connectivity index (χ1v) is 7.57. The van der Waals surface area contributed by atoms with E-state index in [1.807, 2.05) is 37.3 Å². The van der Waals surface area contributed by atoms with Crippen LogP contribution in [0.4, 0.5) is 5.69 Å². The smallest absolute Gasteiger partial charge is 0.119 e. The Balaban J connectivity index is 1.89. The topological polar surface area (TPSA) is 21.3 Å². The number of anilines is 1. The van der Waals surface area contributed by atoms with Crippen LogP contribution in [-0.4, -0.2) is 6.10 Å². The van der Waals surface area contributed by atoms with Gasteiger partial charge in [-0.1, -0.05) is 6.92 Å². The van der Waals surface area contributed by atoms with Gasteiger partial charge in [0.15, 0.2) is 0 Å². The first-order valence-electron chi connectivity index (χ1n) is 6.75. The molecule has 2 nitrogen and oxygen atoms in total. The van der Waals surface area contributed by atoms with Crippen molar-refractivity contribution >= 4 is 17.0 Å². The molecule has 1 N–H and O–H groups in total. The van der Waals surface area contributed by atoms with E-state index in [0.29, 0.717) is 0 Å². The minimum Gasteiger partial charge on any atom is -0.491 e. The molecule has 0 aliphatic heterocycles. The van der Waals surface area contributed by atoms with Crippen LogP contribution in [0.3, 0.4) is 0 Å². The maximum atomic E-state index is 5.62. The minimum atomic E-state index is 0.220. The second kappa shape index (κ2) is 6.62. The first kappa shape index (κ1) is 13.9. The molecule has 0 aliphatic carbocycles. The van der Waals surface area contributed by atoms with Crippen molar-refractivity contribution < 1.29 is 4.74 Å². The fourth-order valence-electron chi connectivity index (χ4n) is 1.82. The van der Waals surface area contributed by atoms with Gasteiger partial charge in [-0.15, -0.1) is 11.3 Å². The van der Waals surface area contributed by atoms with Crippen molar-refractivity contribution in [2.75, 3.05) is 5.32 Å². The van der Waals surface area contributed by atoms with E-state index in [4.69, 9.17) is 4.74 Å². The molecule has 0 saturated heterocycles. The van der Waals surface area contributed by atoms with Gasteiger partial charge in [0.05, 0.1) is 6.10 Å². The quantitative estimate of drug-likeness (QED) is 0.824. The van der Waals surface area contributed by atoms with Gasteiger partial charge in [-0.2, -0.15) is 0 Å². The molecule has 2 aromatic rings. The third kappa shape index (κ3) is 4.28. The largest absolute Gasteiger partial charge is 0.491 e. The van der Waals surface area contributed by atoms with Crippen LogP contribution in [0, 0.1) is 0 Å². The number of aryl methyl sites for hydroxylation is 1. The van der Waals surface area contributed by atoms with Gasteiger partial charge in [-0.25, -0.2) is 0 Å². The summed E-state index contributed by atoms with van der Waals surface area (Å²) in [5.74, 6) is 0.921. The number of benzene rings is 1. The van der Waals surface area contributed by atoms with Crippen LogP contribution in [0.15, 0.2) is 36.4 Å². The van der Waals surface area contributed by atoms with E-state index in [1.54, 1.807) is 0 Å². The highest BCUT2D eigenvalue weighted by molar-refractivity contribution is 7.12. The molecular formula is C16H21NOS. The van der Waals surface area contributed by atoms with E-state index in [2.05, 4.69) is 36.5 Å². The highest BCUT2D eigenvalue weighted by atomic mass is 32.1. The summed E-state index contributed by atoms with van der Waals surface area (Å²) in [4.78, 5) is 2.82. The molecule has 1 aromatic carbocycles. The average molecular weight is 275 g/mol. The summed E-state index contributed by atoms with van der Waals surface area (Å²) >= 11 is 1.88. The third-order valence-electron chi connectivity index (χ3n) is 2.76. The number of rotatable bonds is 6. The Hall–Kier alpha value is -1.48. The van der Waals surface area contributed by atoms with Gasteiger partial charge in [0.25, 0.3) is 0 Å². The van der Waals surface area contributed by atoms with Crippen molar-refractivity contribution in [2.24, 2.45) is 0 Å².